The Balaban J connectivity index is 1.60. The maximum Gasteiger partial charge on any atom is 0.308 e. The molecule has 0 aliphatic carbocycles. The second-order valence-electron chi connectivity index (χ2n) is 10.7. The summed E-state index contributed by atoms with van der Waals surface area (Å²) in [5.74, 6) is -0.457. The zero-order valence-electron chi connectivity index (χ0n) is 23.6. The maximum absolute atomic E-state index is 13.5. The zero-order valence-corrected chi connectivity index (χ0v) is 23.6. The molecule has 0 radical (unpaired) electrons. The summed E-state index contributed by atoms with van der Waals surface area (Å²) >= 11 is 0. The van der Waals surface area contributed by atoms with Crippen LogP contribution in [0.5, 0.6) is 17.2 Å². The molecule has 10 heteroatoms. The molecular weight excluding hydrogens is 504 g/mol. The van der Waals surface area contributed by atoms with Crippen LogP contribution in [0.4, 0.5) is 0 Å². The summed E-state index contributed by atoms with van der Waals surface area (Å²) in [5, 5.41) is 12.0. The summed E-state index contributed by atoms with van der Waals surface area (Å²) in [6, 6.07) is 3.38. The molecule has 218 valence electrons. The van der Waals surface area contributed by atoms with Crippen LogP contribution in [-0.2, 0) is 19.2 Å². The predicted octanol–water partition coefficient (Wildman–Crippen LogP) is 4.21. The molecule has 0 bridgehead atoms. The van der Waals surface area contributed by atoms with E-state index in [1.165, 1.54) is 5.06 Å². The molecule has 10 nitrogen and oxygen atoms in total. The second kappa shape index (κ2) is 14.2. The highest BCUT2D eigenvalue weighted by molar-refractivity contribution is 5.78. The van der Waals surface area contributed by atoms with Crippen LogP contribution in [0.2, 0.25) is 0 Å². The van der Waals surface area contributed by atoms with Crippen molar-refractivity contribution in [3.8, 4) is 17.2 Å². The molecule has 0 spiro atoms. The monoisotopic (exact) mass is 548 g/mol. The van der Waals surface area contributed by atoms with Crippen molar-refractivity contribution in [1.82, 2.24) is 9.96 Å². The van der Waals surface area contributed by atoms with Crippen LogP contribution in [0, 0.1) is 5.92 Å². The number of amides is 1. The minimum atomic E-state index is -0.869. The first-order valence-electron chi connectivity index (χ1n) is 14.5. The fourth-order valence-electron chi connectivity index (χ4n) is 5.96. The van der Waals surface area contributed by atoms with Crippen LogP contribution in [-0.4, -0.2) is 85.8 Å². The van der Waals surface area contributed by atoms with Gasteiger partial charge in [0.1, 0.15) is 0 Å². The van der Waals surface area contributed by atoms with Crippen molar-refractivity contribution in [2.45, 2.75) is 83.3 Å². The van der Waals surface area contributed by atoms with Gasteiger partial charge in [0.25, 0.3) is 5.91 Å². The number of carbonyl (C=O) groups is 2. The third-order valence-electron chi connectivity index (χ3n) is 7.98. The van der Waals surface area contributed by atoms with Crippen molar-refractivity contribution in [3.63, 3.8) is 0 Å². The molecular formula is C29H44N2O8. The van der Waals surface area contributed by atoms with Crippen molar-refractivity contribution in [3.05, 3.63) is 17.7 Å². The van der Waals surface area contributed by atoms with Gasteiger partial charge in [-0.1, -0.05) is 20.3 Å². The minimum absolute atomic E-state index is 0.0954. The van der Waals surface area contributed by atoms with Crippen molar-refractivity contribution in [2.24, 2.45) is 5.92 Å². The number of benzene rings is 1. The van der Waals surface area contributed by atoms with Crippen molar-refractivity contribution < 1.29 is 38.5 Å². The molecule has 2 unspecified atom stereocenters. The van der Waals surface area contributed by atoms with E-state index in [1.54, 1.807) is 7.11 Å². The Bertz CT molecular complexity index is 959. The Labute approximate surface area is 231 Å². The number of aliphatic carboxylic acids is 1. The van der Waals surface area contributed by atoms with Gasteiger partial charge in [0.15, 0.2) is 11.5 Å². The quantitative estimate of drug-likeness (QED) is 0.342. The average Bonchev–Trinajstić information content (AvgIpc) is 3.56. The highest BCUT2D eigenvalue weighted by atomic mass is 16.7. The number of methoxy groups -OCH3 is 1. The molecule has 2 saturated heterocycles. The fraction of sp³-hybridized carbons (Fsp3) is 0.724. The van der Waals surface area contributed by atoms with E-state index in [4.69, 9.17) is 23.8 Å². The summed E-state index contributed by atoms with van der Waals surface area (Å²) < 4.78 is 22.7. The van der Waals surface area contributed by atoms with Crippen LogP contribution in [0.1, 0.15) is 76.7 Å². The van der Waals surface area contributed by atoms with Gasteiger partial charge in [-0.3, -0.25) is 19.3 Å². The van der Waals surface area contributed by atoms with E-state index < -0.39 is 11.9 Å². The van der Waals surface area contributed by atoms with Crippen molar-refractivity contribution in [1.29, 1.82) is 0 Å². The lowest BCUT2D eigenvalue weighted by Crippen LogP contribution is -2.44. The number of fused-ring (bicyclic) bond motifs is 1. The Morgan fingerprint density at radius 3 is 2.69 bits per heavy atom. The van der Waals surface area contributed by atoms with E-state index in [0.717, 1.165) is 57.1 Å². The normalized spacial score (nSPS) is 24.6. The summed E-state index contributed by atoms with van der Waals surface area (Å²) in [4.78, 5) is 34.1. The number of ether oxygens (including phenoxy) is 4. The molecule has 0 aromatic heterocycles. The highest BCUT2D eigenvalue weighted by Crippen LogP contribution is 2.47. The molecule has 3 heterocycles. The molecule has 1 aromatic rings. The summed E-state index contributed by atoms with van der Waals surface area (Å²) in [6.07, 6.45) is 7.31. The smallest absolute Gasteiger partial charge is 0.308 e. The standard InChI is InChI=1S/C29H44N2O8/c1-4-6-12-31(39-13-5-2)26(32)18-30-17-22(20-15-24(35-3)28-25(16-20)37-19-38-28)27(29(33)34)23(30)11-10-21-9-7-8-14-36-21/h15-16,21-23,27H,4-14,17-19H2,1-3H3,(H,33,34)/t21?,22-,23+,27?/m1/s1. The molecule has 3 aliphatic rings. The van der Waals surface area contributed by atoms with Gasteiger partial charge in [-0.05, 0) is 62.6 Å². The third kappa shape index (κ3) is 7.15. The third-order valence-corrected chi connectivity index (χ3v) is 7.98. The lowest BCUT2D eigenvalue weighted by atomic mass is 9.83. The van der Waals surface area contributed by atoms with Gasteiger partial charge < -0.3 is 24.1 Å². The molecule has 1 aromatic carbocycles. The summed E-state index contributed by atoms with van der Waals surface area (Å²) in [7, 11) is 1.56. The molecule has 2 fully saturated rings. The fourth-order valence-corrected chi connectivity index (χ4v) is 5.96. The van der Waals surface area contributed by atoms with Gasteiger partial charge in [-0.2, -0.15) is 0 Å². The Kier molecular flexibility index (Phi) is 10.7. The number of likely N-dealkylation sites (tertiary alicyclic amines) is 1. The van der Waals surface area contributed by atoms with Gasteiger partial charge in [-0.25, -0.2) is 5.06 Å². The highest BCUT2D eigenvalue weighted by Gasteiger charge is 2.48. The van der Waals surface area contributed by atoms with E-state index in [2.05, 4.69) is 6.92 Å². The summed E-state index contributed by atoms with van der Waals surface area (Å²) in [6.45, 7) is 6.45. The van der Waals surface area contributed by atoms with Crippen molar-refractivity contribution >= 4 is 11.9 Å². The number of hydrogen-bond donors (Lipinski definition) is 1. The number of rotatable bonds is 14. The number of carboxylic acids is 1. The lowest BCUT2D eigenvalue weighted by Gasteiger charge is -2.31. The Morgan fingerprint density at radius 1 is 1.15 bits per heavy atom. The van der Waals surface area contributed by atoms with Gasteiger partial charge in [0, 0.05) is 31.7 Å². The molecule has 3 aliphatic heterocycles. The minimum Gasteiger partial charge on any atom is -0.493 e. The van der Waals surface area contributed by atoms with E-state index in [9.17, 15) is 14.7 Å². The van der Waals surface area contributed by atoms with Crippen LogP contribution >= 0.6 is 0 Å². The molecule has 39 heavy (non-hydrogen) atoms. The van der Waals surface area contributed by atoms with Gasteiger partial charge in [-0.15, -0.1) is 0 Å². The van der Waals surface area contributed by atoms with E-state index in [1.807, 2.05) is 24.0 Å². The van der Waals surface area contributed by atoms with E-state index in [0.29, 0.717) is 43.4 Å². The number of hydroxylamine groups is 2. The molecule has 1 N–H and O–H groups in total. The molecule has 0 saturated carbocycles. The Morgan fingerprint density at radius 2 is 2.00 bits per heavy atom. The predicted molar refractivity (Wildman–Crippen MR) is 144 cm³/mol. The second-order valence-corrected chi connectivity index (χ2v) is 10.7. The maximum atomic E-state index is 13.5. The summed E-state index contributed by atoms with van der Waals surface area (Å²) in [5.41, 5.74) is 0.808. The molecule has 1 amide bonds. The number of carboxylic acid groups (broad SMARTS) is 1. The van der Waals surface area contributed by atoms with Gasteiger partial charge in [0.2, 0.25) is 12.5 Å². The number of hydrogen-bond acceptors (Lipinski definition) is 8. The Hall–Kier alpha value is -2.56. The first-order valence-corrected chi connectivity index (χ1v) is 14.5. The van der Waals surface area contributed by atoms with Gasteiger partial charge in [0.05, 0.1) is 32.3 Å². The van der Waals surface area contributed by atoms with Gasteiger partial charge >= 0.3 is 5.97 Å². The van der Waals surface area contributed by atoms with Crippen LogP contribution in [0.25, 0.3) is 0 Å². The number of unbranched alkanes of at least 4 members (excludes halogenated alkanes) is 1. The van der Waals surface area contributed by atoms with Crippen LogP contribution in [0.3, 0.4) is 0 Å². The van der Waals surface area contributed by atoms with E-state index >= 15 is 0 Å². The molecule has 4 atom stereocenters. The SMILES string of the molecule is CCCCN(OCCC)C(=O)CN1C[C@H](c2cc(OC)c3c(c2)OCO3)C(C(=O)O)[C@@H]1CCC1CCCCO1. The van der Waals surface area contributed by atoms with Crippen molar-refractivity contribution in [2.75, 3.05) is 46.8 Å². The first kappa shape index (κ1) is 29.4. The van der Waals surface area contributed by atoms with E-state index in [-0.39, 0.29) is 37.3 Å². The van der Waals surface area contributed by atoms with Crippen LogP contribution in [0.15, 0.2) is 12.1 Å². The average molecular weight is 549 g/mol. The number of carbonyl (C=O) groups excluding carboxylic acids is 1. The first-order chi connectivity index (χ1) is 19.0. The largest absolute Gasteiger partial charge is 0.493 e. The number of nitrogens with zero attached hydrogens (tertiary/aromatic N) is 2. The molecule has 4 rings (SSSR count). The topological polar surface area (TPSA) is 107 Å². The zero-order chi connectivity index (χ0) is 27.8. The van der Waals surface area contributed by atoms with Crippen LogP contribution < -0.4 is 14.2 Å². The lowest BCUT2D eigenvalue weighted by molar-refractivity contribution is -0.188.